The van der Waals surface area contributed by atoms with E-state index in [0.717, 1.165) is 12.1 Å². The number of rotatable bonds is 8. The summed E-state index contributed by atoms with van der Waals surface area (Å²) in [6.07, 6.45) is 0.892. The Hall–Kier alpha value is -1.75. The minimum atomic E-state index is -4.08. The minimum Gasteiger partial charge on any atom is -0.480 e. The first kappa shape index (κ1) is 19.6. The van der Waals surface area contributed by atoms with Crippen LogP contribution in [0.15, 0.2) is 23.1 Å². The van der Waals surface area contributed by atoms with Crippen LogP contribution >= 0.6 is 11.6 Å². The van der Waals surface area contributed by atoms with E-state index in [1.54, 1.807) is 4.90 Å². The van der Waals surface area contributed by atoms with Crippen molar-refractivity contribution in [2.45, 2.75) is 36.7 Å². The number of carbonyl (C=O) groups is 1. The third kappa shape index (κ3) is 4.66. The van der Waals surface area contributed by atoms with Gasteiger partial charge in [-0.05, 0) is 31.5 Å². The molecule has 1 saturated carbocycles. The van der Waals surface area contributed by atoms with E-state index < -0.39 is 37.5 Å². The number of nitro benzene ring substituents is 1. The van der Waals surface area contributed by atoms with E-state index in [2.05, 4.69) is 4.72 Å². The van der Waals surface area contributed by atoms with Crippen molar-refractivity contribution in [3.8, 4) is 0 Å². The number of nitro groups is 1. The highest BCUT2D eigenvalue weighted by molar-refractivity contribution is 7.89. The summed E-state index contributed by atoms with van der Waals surface area (Å²) in [7, 11) is -4.08. The zero-order valence-electron chi connectivity index (χ0n) is 13.4. The topological polar surface area (TPSA) is 130 Å². The number of benzene rings is 1. The average molecular weight is 392 g/mol. The number of carboxylic acid groups (broad SMARTS) is 1. The van der Waals surface area contributed by atoms with Crippen LogP contribution in [0, 0.1) is 10.1 Å². The van der Waals surface area contributed by atoms with Crippen molar-refractivity contribution >= 4 is 33.3 Å². The molecule has 1 aliphatic carbocycles. The van der Waals surface area contributed by atoms with Crippen LogP contribution in [0.3, 0.4) is 0 Å². The van der Waals surface area contributed by atoms with E-state index in [1.807, 2.05) is 6.92 Å². The van der Waals surface area contributed by atoms with E-state index in [9.17, 15) is 23.3 Å². The van der Waals surface area contributed by atoms with Gasteiger partial charge in [0, 0.05) is 23.2 Å². The highest BCUT2D eigenvalue weighted by Crippen LogP contribution is 2.30. The Morgan fingerprint density at radius 2 is 2.12 bits per heavy atom. The predicted octanol–water partition coefficient (Wildman–Crippen LogP) is 1.46. The first-order chi connectivity index (χ1) is 11.6. The number of hydrogen-bond acceptors (Lipinski definition) is 6. The fourth-order valence-electron chi connectivity index (χ4n) is 2.80. The quantitative estimate of drug-likeness (QED) is 0.506. The molecule has 0 aliphatic heterocycles. The van der Waals surface area contributed by atoms with Gasteiger partial charge < -0.3 is 5.11 Å². The molecule has 0 aromatic heterocycles. The van der Waals surface area contributed by atoms with Gasteiger partial charge in [-0.1, -0.05) is 18.5 Å². The molecule has 25 heavy (non-hydrogen) atoms. The summed E-state index contributed by atoms with van der Waals surface area (Å²) in [6, 6.07) is 2.94. The molecule has 1 aromatic carbocycles. The van der Waals surface area contributed by atoms with Crippen molar-refractivity contribution in [1.82, 2.24) is 9.62 Å². The summed E-state index contributed by atoms with van der Waals surface area (Å²) in [4.78, 5) is 22.4. The molecule has 0 unspecified atom stereocenters. The lowest BCUT2D eigenvalue weighted by Crippen LogP contribution is -2.54. The number of nitrogens with zero attached hydrogens (tertiary/aromatic N) is 2. The van der Waals surface area contributed by atoms with Gasteiger partial charge in [-0.15, -0.1) is 0 Å². The van der Waals surface area contributed by atoms with Crippen LogP contribution in [-0.2, 0) is 14.8 Å². The number of sulfonamides is 1. The fraction of sp³-hybridized carbons (Fsp3) is 0.500. The Morgan fingerprint density at radius 3 is 2.64 bits per heavy atom. The molecule has 2 rings (SSSR count). The lowest BCUT2D eigenvalue weighted by Gasteiger charge is -2.42. The summed E-state index contributed by atoms with van der Waals surface area (Å²) >= 11 is 5.69. The Balaban J connectivity index is 2.07. The average Bonchev–Trinajstić information content (AvgIpc) is 2.47. The summed E-state index contributed by atoms with van der Waals surface area (Å²) in [5, 5.41) is 20.0. The molecule has 0 atom stereocenters. The Kier molecular flexibility index (Phi) is 5.99. The van der Waals surface area contributed by atoms with Crippen molar-refractivity contribution in [1.29, 1.82) is 0 Å². The van der Waals surface area contributed by atoms with E-state index >= 15 is 0 Å². The molecule has 1 aliphatic rings. The van der Waals surface area contributed by atoms with Crippen molar-refractivity contribution in [3.05, 3.63) is 33.3 Å². The van der Waals surface area contributed by atoms with Gasteiger partial charge in [-0.25, -0.2) is 13.1 Å². The molecule has 2 N–H and O–H groups in total. The number of hydrogen-bond donors (Lipinski definition) is 2. The van der Waals surface area contributed by atoms with Gasteiger partial charge in [0.1, 0.15) is 0 Å². The van der Waals surface area contributed by atoms with E-state index in [1.165, 1.54) is 6.07 Å². The summed E-state index contributed by atoms with van der Waals surface area (Å²) < 4.78 is 27.3. The maximum atomic E-state index is 12.4. The van der Waals surface area contributed by atoms with E-state index in [-0.39, 0.29) is 17.6 Å². The molecule has 0 saturated heterocycles. The lowest BCUT2D eigenvalue weighted by atomic mass is 9.86. The number of aliphatic carboxylic acids is 1. The first-order valence-electron chi connectivity index (χ1n) is 7.56. The minimum absolute atomic E-state index is 0.0333. The van der Waals surface area contributed by atoms with Crippen LogP contribution in [0.4, 0.5) is 5.69 Å². The van der Waals surface area contributed by atoms with Gasteiger partial charge in [-0.2, -0.15) is 0 Å². The van der Waals surface area contributed by atoms with Crippen LogP contribution in [0.25, 0.3) is 0 Å². The van der Waals surface area contributed by atoms with Crippen LogP contribution in [0.5, 0.6) is 0 Å². The zero-order valence-corrected chi connectivity index (χ0v) is 15.0. The zero-order chi connectivity index (χ0) is 18.8. The molecule has 1 fully saturated rings. The molecule has 0 amide bonds. The van der Waals surface area contributed by atoms with Gasteiger partial charge in [0.2, 0.25) is 10.0 Å². The van der Waals surface area contributed by atoms with Crippen LogP contribution in [0.1, 0.15) is 19.8 Å². The molecule has 0 spiro atoms. The number of nitrogens with one attached hydrogen (secondary N) is 1. The molecular formula is C14H18ClN3O6S. The maximum absolute atomic E-state index is 12.4. The first-order valence-corrected chi connectivity index (χ1v) is 9.42. The lowest BCUT2D eigenvalue weighted by molar-refractivity contribution is -0.387. The van der Waals surface area contributed by atoms with Crippen LogP contribution in [-0.4, -0.2) is 54.5 Å². The van der Waals surface area contributed by atoms with Crippen LogP contribution in [0.2, 0.25) is 5.02 Å². The highest BCUT2D eigenvalue weighted by atomic mass is 35.5. The second-order valence-corrected chi connectivity index (χ2v) is 7.89. The second-order valence-electron chi connectivity index (χ2n) is 5.77. The van der Waals surface area contributed by atoms with Gasteiger partial charge in [-0.3, -0.25) is 19.8 Å². The summed E-state index contributed by atoms with van der Waals surface area (Å²) in [6.45, 7) is 2.26. The van der Waals surface area contributed by atoms with Crippen molar-refractivity contribution in [3.63, 3.8) is 0 Å². The number of likely N-dealkylation sites (N-methyl/N-ethyl adjacent to an activating group) is 1. The third-order valence-electron chi connectivity index (χ3n) is 4.10. The molecule has 1 aromatic rings. The number of carboxylic acids is 1. The van der Waals surface area contributed by atoms with E-state index in [0.29, 0.717) is 19.4 Å². The Bertz CT molecular complexity index is 779. The van der Waals surface area contributed by atoms with Crippen molar-refractivity contribution in [2.24, 2.45) is 0 Å². The van der Waals surface area contributed by atoms with Gasteiger partial charge in [0.25, 0.3) is 5.69 Å². The highest BCUT2D eigenvalue weighted by Gasteiger charge is 2.37. The second kappa shape index (κ2) is 7.65. The molecule has 9 nitrogen and oxygen atoms in total. The SMILES string of the molecule is CCN(CC(=O)O)C1CC(NS(=O)(=O)c2ccc(Cl)cc2[N+](=O)[O-])C1. The predicted molar refractivity (Wildman–Crippen MR) is 90.1 cm³/mol. The largest absolute Gasteiger partial charge is 0.480 e. The monoisotopic (exact) mass is 391 g/mol. The Labute approximate surface area is 149 Å². The smallest absolute Gasteiger partial charge is 0.317 e. The van der Waals surface area contributed by atoms with Gasteiger partial charge in [0.15, 0.2) is 4.90 Å². The molecular weight excluding hydrogens is 374 g/mol. The fourth-order valence-corrected chi connectivity index (χ4v) is 4.38. The molecule has 0 heterocycles. The molecule has 0 radical (unpaired) electrons. The van der Waals surface area contributed by atoms with E-state index in [4.69, 9.17) is 16.7 Å². The molecule has 11 heteroatoms. The molecule has 0 bridgehead atoms. The normalized spacial score (nSPS) is 20.3. The van der Waals surface area contributed by atoms with Crippen LogP contribution < -0.4 is 4.72 Å². The maximum Gasteiger partial charge on any atom is 0.317 e. The number of halogens is 1. The van der Waals surface area contributed by atoms with Crippen molar-refractivity contribution < 1.29 is 23.2 Å². The summed E-state index contributed by atoms with van der Waals surface area (Å²) in [5.41, 5.74) is -0.586. The third-order valence-corrected chi connectivity index (χ3v) is 5.91. The Morgan fingerprint density at radius 1 is 1.48 bits per heavy atom. The van der Waals surface area contributed by atoms with Gasteiger partial charge >= 0.3 is 5.97 Å². The van der Waals surface area contributed by atoms with Gasteiger partial charge in [0.05, 0.1) is 11.5 Å². The van der Waals surface area contributed by atoms with Crippen molar-refractivity contribution in [2.75, 3.05) is 13.1 Å². The standard InChI is InChI=1S/C14H18ClN3O6S/c1-2-17(8-14(19)20)11-6-10(7-11)16-25(23,24)13-4-3-9(15)5-12(13)18(21)22/h3-5,10-11,16H,2,6-8H2,1H3,(H,19,20). The molecule has 138 valence electrons. The summed E-state index contributed by atoms with van der Waals surface area (Å²) in [5.74, 6) is -0.942.